The number of hydrogen-bond donors (Lipinski definition) is 2. The summed E-state index contributed by atoms with van der Waals surface area (Å²) in [6.45, 7) is 3.35. The molecule has 1 atom stereocenters. The van der Waals surface area contributed by atoms with Crippen LogP contribution in [0.2, 0.25) is 0 Å². The number of ether oxygens (including phenoxy) is 3. The van der Waals surface area contributed by atoms with E-state index < -0.39 is 18.0 Å². The van der Waals surface area contributed by atoms with Gasteiger partial charge in [0.15, 0.2) is 12.7 Å². The number of hydrogen-bond acceptors (Lipinski definition) is 6. The number of amides is 2. The zero-order valence-corrected chi connectivity index (χ0v) is 19.9. The van der Waals surface area contributed by atoms with E-state index in [0.717, 1.165) is 12.0 Å². The van der Waals surface area contributed by atoms with Gasteiger partial charge in [-0.05, 0) is 67.4 Å². The van der Waals surface area contributed by atoms with Crippen LogP contribution < -0.4 is 20.1 Å². The molecule has 0 aromatic heterocycles. The predicted molar refractivity (Wildman–Crippen MR) is 133 cm³/mol. The Labute approximate surface area is 204 Å². The van der Waals surface area contributed by atoms with Crippen LogP contribution in [0.3, 0.4) is 0 Å². The van der Waals surface area contributed by atoms with Crippen LogP contribution in [0.5, 0.6) is 11.5 Å². The number of benzene rings is 3. The fraction of sp³-hybridized carbons (Fsp3) is 0.222. The van der Waals surface area contributed by atoms with Gasteiger partial charge in [-0.3, -0.25) is 9.59 Å². The van der Waals surface area contributed by atoms with Crippen molar-refractivity contribution < 1.29 is 28.6 Å². The lowest BCUT2D eigenvalue weighted by Crippen LogP contribution is -2.30. The van der Waals surface area contributed by atoms with Gasteiger partial charge in [0.25, 0.3) is 11.8 Å². The predicted octanol–water partition coefficient (Wildman–Crippen LogP) is 4.46. The molecule has 0 fully saturated rings. The molecule has 3 rings (SSSR count). The number of anilines is 2. The molecule has 0 radical (unpaired) electrons. The maximum atomic E-state index is 12.4. The van der Waals surface area contributed by atoms with E-state index in [9.17, 15) is 14.4 Å². The molecule has 8 nitrogen and oxygen atoms in total. The number of rotatable bonds is 10. The standard InChI is InChI=1S/C27H28N2O6/c1-4-19-8-12-21(13-9-19)29-26(31)18(2)35-27(32)20-10-14-23(15-11-20)34-17-25(30)28-22-6-5-7-24(16-22)33-3/h5-16,18H,4,17H2,1-3H3,(H,28,30)(H,29,31). The lowest BCUT2D eigenvalue weighted by atomic mass is 10.1. The van der Waals surface area contributed by atoms with Crippen molar-refractivity contribution in [2.24, 2.45) is 0 Å². The van der Waals surface area contributed by atoms with E-state index in [4.69, 9.17) is 14.2 Å². The minimum Gasteiger partial charge on any atom is -0.497 e. The van der Waals surface area contributed by atoms with Crippen LogP contribution in [0.4, 0.5) is 11.4 Å². The van der Waals surface area contributed by atoms with Crippen molar-refractivity contribution >= 4 is 29.2 Å². The molecule has 0 spiro atoms. The highest BCUT2D eigenvalue weighted by Gasteiger charge is 2.19. The molecule has 2 amide bonds. The number of methoxy groups -OCH3 is 1. The lowest BCUT2D eigenvalue weighted by Gasteiger charge is -2.14. The van der Waals surface area contributed by atoms with Crippen LogP contribution in [0.25, 0.3) is 0 Å². The highest BCUT2D eigenvalue weighted by molar-refractivity contribution is 5.97. The van der Waals surface area contributed by atoms with Crippen molar-refractivity contribution in [3.05, 3.63) is 83.9 Å². The first-order valence-electron chi connectivity index (χ1n) is 11.2. The number of nitrogens with one attached hydrogen (secondary N) is 2. The Balaban J connectivity index is 1.46. The second-order valence-electron chi connectivity index (χ2n) is 7.68. The topological polar surface area (TPSA) is 103 Å². The van der Waals surface area contributed by atoms with Gasteiger partial charge in [0.1, 0.15) is 11.5 Å². The third kappa shape index (κ3) is 7.60. The molecule has 1 unspecified atom stereocenters. The summed E-state index contributed by atoms with van der Waals surface area (Å²) >= 11 is 0. The van der Waals surface area contributed by atoms with Crippen LogP contribution in [0, 0.1) is 0 Å². The minimum absolute atomic E-state index is 0.211. The number of carbonyl (C=O) groups is 3. The number of aryl methyl sites for hydroxylation is 1. The second kappa shape index (κ2) is 12.2. The first-order valence-corrected chi connectivity index (χ1v) is 11.2. The summed E-state index contributed by atoms with van der Waals surface area (Å²) in [5, 5.41) is 5.44. The molecule has 0 heterocycles. The van der Waals surface area contributed by atoms with Crippen molar-refractivity contribution in [3.63, 3.8) is 0 Å². The van der Waals surface area contributed by atoms with Crippen molar-refractivity contribution in [3.8, 4) is 11.5 Å². The highest BCUT2D eigenvalue weighted by atomic mass is 16.5. The average molecular weight is 477 g/mol. The van der Waals surface area contributed by atoms with E-state index in [1.807, 2.05) is 19.1 Å². The van der Waals surface area contributed by atoms with Crippen molar-refractivity contribution in [2.75, 3.05) is 24.4 Å². The fourth-order valence-electron chi connectivity index (χ4n) is 3.08. The largest absolute Gasteiger partial charge is 0.497 e. The molecule has 0 saturated heterocycles. The summed E-state index contributed by atoms with van der Waals surface area (Å²) in [7, 11) is 1.55. The smallest absolute Gasteiger partial charge is 0.338 e. The van der Waals surface area contributed by atoms with Crippen LogP contribution in [-0.2, 0) is 20.7 Å². The summed E-state index contributed by atoms with van der Waals surface area (Å²) in [6.07, 6.45) is -0.0765. The van der Waals surface area contributed by atoms with Gasteiger partial charge >= 0.3 is 5.97 Å². The highest BCUT2D eigenvalue weighted by Crippen LogP contribution is 2.18. The van der Waals surface area contributed by atoms with Gasteiger partial charge in [-0.2, -0.15) is 0 Å². The summed E-state index contributed by atoms with van der Waals surface area (Å²) < 4.78 is 15.9. The minimum atomic E-state index is -0.982. The number of carbonyl (C=O) groups excluding carboxylic acids is 3. The average Bonchev–Trinajstić information content (AvgIpc) is 2.88. The molecule has 0 aliphatic rings. The molecule has 2 N–H and O–H groups in total. The third-order valence-corrected chi connectivity index (χ3v) is 5.10. The van der Waals surface area contributed by atoms with Crippen LogP contribution in [0.1, 0.15) is 29.8 Å². The molecule has 3 aromatic carbocycles. The Morgan fingerprint density at radius 2 is 1.57 bits per heavy atom. The molecule has 0 bridgehead atoms. The van der Waals surface area contributed by atoms with E-state index in [0.29, 0.717) is 22.9 Å². The Kier molecular flexibility index (Phi) is 8.83. The van der Waals surface area contributed by atoms with E-state index in [-0.39, 0.29) is 18.1 Å². The van der Waals surface area contributed by atoms with Crippen molar-refractivity contribution in [1.29, 1.82) is 0 Å². The van der Waals surface area contributed by atoms with Gasteiger partial charge in [0.05, 0.1) is 12.7 Å². The van der Waals surface area contributed by atoms with Crippen LogP contribution in [0.15, 0.2) is 72.8 Å². The molecule has 35 heavy (non-hydrogen) atoms. The Morgan fingerprint density at radius 1 is 0.857 bits per heavy atom. The molecule has 0 aliphatic carbocycles. The molecule has 0 aliphatic heterocycles. The Morgan fingerprint density at radius 3 is 2.23 bits per heavy atom. The molecule has 3 aromatic rings. The second-order valence-corrected chi connectivity index (χ2v) is 7.68. The molecule has 0 saturated carbocycles. The van der Waals surface area contributed by atoms with Gasteiger partial charge in [-0.25, -0.2) is 4.79 Å². The van der Waals surface area contributed by atoms with Gasteiger partial charge in [-0.15, -0.1) is 0 Å². The summed E-state index contributed by atoms with van der Waals surface area (Å²) in [5.41, 5.74) is 2.64. The zero-order chi connectivity index (χ0) is 25.2. The van der Waals surface area contributed by atoms with Gasteiger partial charge < -0.3 is 24.8 Å². The summed E-state index contributed by atoms with van der Waals surface area (Å²) in [4.78, 5) is 36.9. The zero-order valence-electron chi connectivity index (χ0n) is 19.9. The molecular weight excluding hydrogens is 448 g/mol. The maximum absolute atomic E-state index is 12.4. The van der Waals surface area contributed by atoms with Crippen LogP contribution in [-0.4, -0.2) is 37.6 Å². The van der Waals surface area contributed by atoms with E-state index >= 15 is 0 Å². The summed E-state index contributed by atoms with van der Waals surface area (Å²) in [6, 6.07) is 20.6. The number of esters is 1. The van der Waals surface area contributed by atoms with Crippen molar-refractivity contribution in [1.82, 2.24) is 0 Å². The normalized spacial score (nSPS) is 11.2. The maximum Gasteiger partial charge on any atom is 0.338 e. The molecule has 8 heteroatoms. The first-order chi connectivity index (χ1) is 16.9. The van der Waals surface area contributed by atoms with E-state index in [2.05, 4.69) is 10.6 Å². The Bertz CT molecular complexity index is 1160. The fourth-order valence-corrected chi connectivity index (χ4v) is 3.08. The first kappa shape index (κ1) is 25.3. The van der Waals surface area contributed by atoms with Gasteiger partial charge in [0, 0.05) is 17.4 Å². The van der Waals surface area contributed by atoms with Crippen molar-refractivity contribution in [2.45, 2.75) is 26.4 Å². The quantitative estimate of drug-likeness (QED) is 0.419. The monoisotopic (exact) mass is 476 g/mol. The van der Waals surface area contributed by atoms with Gasteiger partial charge in [0.2, 0.25) is 0 Å². The molecule has 182 valence electrons. The molecular formula is C27H28N2O6. The van der Waals surface area contributed by atoms with Crippen LogP contribution >= 0.6 is 0 Å². The van der Waals surface area contributed by atoms with E-state index in [1.54, 1.807) is 55.6 Å². The lowest BCUT2D eigenvalue weighted by molar-refractivity contribution is -0.123. The van der Waals surface area contributed by atoms with E-state index in [1.165, 1.54) is 19.1 Å². The van der Waals surface area contributed by atoms with Gasteiger partial charge in [-0.1, -0.05) is 25.1 Å². The summed E-state index contributed by atoms with van der Waals surface area (Å²) in [5.74, 6) is -0.376. The third-order valence-electron chi connectivity index (χ3n) is 5.10. The Hall–Kier alpha value is -4.33. The SMILES string of the molecule is CCc1ccc(NC(=O)C(C)OC(=O)c2ccc(OCC(=O)Nc3cccc(OC)c3)cc2)cc1.